The van der Waals surface area contributed by atoms with E-state index in [9.17, 15) is 5.11 Å². The molecule has 0 aromatic carbocycles. The van der Waals surface area contributed by atoms with Crippen molar-refractivity contribution in [2.75, 3.05) is 20.1 Å². The van der Waals surface area contributed by atoms with Crippen LogP contribution in [0.2, 0.25) is 0 Å². The first-order chi connectivity index (χ1) is 11.5. The van der Waals surface area contributed by atoms with Gasteiger partial charge in [-0.05, 0) is 26.7 Å². The molecule has 0 amide bonds. The SMILES string of the molecule is C=CN=C(NNC)S[C@@H](C)C(C)N=C/C(=C\C)N1CCC(O)CC1. The van der Waals surface area contributed by atoms with E-state index in [1.165, 1.54) is 6.20 Å². The Balaban J connectivity index is 2.60. The quantitative estimate of drug-likeness (QED) is 0.372. The van der Waals surface area contributed by atoms with Gasteiger partial charge in [-0.1, -0.05) is 31.3 Å². The fourth-order valence-electron chi connectivity index (χ4n) is 2.33. The fourth-order valence-corrected chi connectivity index (χ4v) is 3.25. The Bertz CT molecular complexity index is 470. The van der Waals surface area contributed by atoms with E-state index >= 15 is 0 Å². The molecule has 1 aliphatic rings. The lowest BCUT2D eigenvalue weighted by molar-refractivity contribution is 0.0997. The molecular formula is C17H31N5OS. The second-order valence-corrected chi connectivity index (χ2v) is 7.13. The van der Waals surface area contributed by atoms with Gasteiger partial charge >= 0.3 is 0 Å². The summed E-state index contributed by atoms with van der Waals surface area (Å²) in [5.41, 5.74) is 7.00. The first kappa shape index (κ1) is 20.7. The van der Waals surface area contributed by atoms with Crippen molar-refractivity contribution in [2.24, 2.45) is 9.98 Å². The van der Waals surface area contributed by atoms with Gasteiger partial charge in [0.05, 0.1) is 17.8 Å². The van der Waals surface area contributed by atoms with Crippen molar-refractivity contribution in [2.45, 2.75) is 51.0 Å². The number of amidine groups is 1. The van der Waals surface area contributed by atoms with Crippen molar-refractivity contribution in [3.05, 3.63) is 24.6 Å². The number of thioether (sulfide) groups is 1. The number of aliphatic imine (C=N–C) groups is 2. The van der Waals surface area contributed by atoms with Crippen LogP contribution in [0, 0.1) is 0 Å². The number of allylic oxidation sites excluding steroid dienone is 2. The average Bonchev–Trinajstić information content (AvgIpc) is 2.57. The van der Waals surface area contributed by atoms with Crippen molar-refractivity contribution in [3.63, 3.8) is 0 Å². The van der Waals surface area contributed by atoms with Crippen LogP contribution < -0.4 is 10.9 Å². The van der Waals surface area contributed by atoms with Gasteiger partial charge in [-0.3, -0.25) is 4.99 Å². The third-order valence-electron chi connectivity index (χ3n) is 3.98. The van der Waals surface area contributed by atoms with Crippen LogP contribution in [0.1, 0.15) is 33.6 Å². The lowest BCUT2D eigenvalue weighted by Crippen LogP contribution is -2.36. The molecule has 6 nitrogen and oxygen atoms in total. The molecule has 3 N–H and O–H groups in total. The molecule has 0 saturated carbocycles. The number of nitrogens with one attached hydrogen (secondary N) is 2. The van der Waals surface area contributed by atoms with Crippen LogP contribution in [0.25, 0.3) is 0 Å². The number of hydrogen-bond acceptors (Lipinski definition) is 6. The number of hydrazine groups is 1. The standard InChI is InChI=1S/C17H31N5OS/c1-6-15(22-10-8-16(23)9-11-22)12-20-13(3)14(4)24-17(19-7-2)21-18-5/h6-7,12-14,16,18,23H,2,8-11H2,1,3-5H3,(H,19,21)/b15-6+,20-12?/t13?,14-/m0/s1. The van der Waals surface area contributed by atoms with Gasteiger partial charge in [0.15, 0.2) is 5.17 Å². The molecule has 1 heterocycles. The van der Waals surface area contributed by atoms with E-state index in [-0.39, 0.29) is 17.4 Å². The highest BCUT2D eigenvalue weighted by molar-refractivity contribution is 8.14. The number of rotatable bonds is 7. The largest absolute Gasteiger partial charge is 0.393 e. The molecule has 1 rings (SSSR count). The molecule has 0 aliphatic carbocycles. The summed E-state index contributed by atoms with van der Waals surface area (Å²) in [6.07, 6.45) is 7.05. The molecule has 2 atom stereocenters. The summed E-state index contributed by atoms with van der Waals surface area (Å²) in [5, 5.41) is 10.7. The van der Waals surface area contributed by atoms with Crippen molar-refractivity contribution < 1.29 is 5.11 Å². The van der Waals surface area contributed by atoms with E-state index < -0.39 is 0 Å². The van der Waals surface area contributed by atoms with Gasteiger partial charge in [-0.15, -0.1) is 0 Å². The van der Waals surface area contributed by atoms with Crippen LogP contribution in [-0.2, 0) is 0 Å². The zero-order valence-corrected chi connectivity index (χ0v) is 16.0. The molecule has 0 aromatic heterocycles. The molecular weight excluding hydrogens is 322 g/mol. The van der Waals surface area contributed by atoms with Crippen molar-refractivity contribution >= 4 is 23.1 Å². The first-order valence-electron chi connectivity index (χ1n) is 8.42. The summed E-state index contributed by atoms with van der Waals surface area (Å²) < 4.78 is 0. The summed E-state index contributed by atoms with van der Waals surface area (Å²) in [5.74, 6) is 0. The highest BCUT2D eigenvalue weighted by atomic mass is 32.2. The summed E-state index contributed by atoms with van der Waals surface area (Å²) >= 11 is 1.62. The molecule has 0 spiro atoms. The van der Waals surface area contributed by atoms with Crippen LogP contribution in [0.5, 0.6) is 0 Å². The van der Waals surface area contributed by atoms with Crippen LogP contribution in [-0.4, -0.2) is 58.9 Å². The minimum atomic E-state index is -0.158. The van der Waals surface area contributed by atoms with Crippen LogP contribution in [0.15, 0.2) is 34.5 Å². The van der Waals surface area contributed by atoms with Gasteiger partial charge in [0.2, 0.25) is 0 Å². The monoisotopic (exact) mass is 353 g/mol. The lowest BCUT2D eigenvalue weighted by atomic mass is 10.1. The smallest absolute Gasteiger partial charge is 0.175 e. The summed E-state index contributed by atoms with van der Waals surface area (Å²) in [7, 11) is 1.80. The Kier molecular flexibility index (Phi) is 9.75. The van der Waals surface area contributed by atoms with Crippen LogP contribution in [0.3, 0.4) is 0 Å². The number of aliphatic hydroxyl groups is 1. The molecule has 136 valence electrons. The number of aliphatic hydroxyl groups excluding tert-OH is 1. The Morgan fingerprint density at radius 1 is 1.38 bits per heavy atom. The maximum absolute atomic E-state index is 9.63. The van der Waals surface area contributed by atoms with E-state index in [1.54, 1.807) is 18.8 Å². The molecule has 0 radical (unpaired) electrons. The van der Waals surface area contributed by atoms with Crippen LogP contribution >= 0.6 is 11.8 Å². The molecule has 1 saturated heterocycles. The van der Waals surface area contributed by atoms with Gasteiger partial charge in [0, 0.05) is 37.8 Å². The Hall–Kier alpha value is -1.31. The second-order valence-electron chi connectivity index (χ2n) is 5.77. The molecule has 1 unspecified atom stereocenters. The van der Waals surface area contributed by atoms with Gasteiger partial charge in [0.25, 0.3) is 0 Å². The van der Waals surface area contributed by atoms with Gasteiger partial charge < -0.3 is 15.4 Å². The van der Waals surface area contributed by atoms with E-state index in [0.717, 1.165) is 36.8 Å². The lowest BCUT2D eigenvalue weighted by Gasteiger charge is -2.32. The Labute approximate surface area is 150 Å². The maximum atomic E-state index is 9.63. The predicted octanol–water partition coefficient (Wildman–Crippen LogP) is 2.15. The summed E-state index contributed by atoms with van der Waals surface area (Å²) in [6, 6.07) is 0.147. The highest BCUT2D eigenvalue weighted by Crippen LogP contribution is 2.19. The van der Waals surface area contributed by atoms with Crippen LogP contribution in [0.4, 0.5) is 0 Å². The number of piperidine rings is 1. The van der Waals surface area contributed by atoms with E-state index in [0.29, 0.717) is 0 Å². The summed E-state index contributed by atoms with van der Waals surface area (Å²) in [6.45, 7) is 11.7. The molecule has 7 heteroatoms. The van der Waals surface area contributed by atoms with Gasteiger partial charge in [0.1, 0.15) is 0 Å². The van der Waals surface area contributed by atoms with Gasteiger partial charge in [-0.25, -0.2) is 10.4 Å². The Morgan fingerprint density at radius 2 is 2.04 bits per heavy atom. The van der Waals surface area contributed by atoms with Crippen molar-refractivity contribution in [1.29, 1.82) is 0 Å². The number of hydrogen-bond donors (Lipinski definition) is 3. The second kappa shape index (κ2) is 11.3. The van der Waals surface area contributed by atoms with E-state index in [1.807, 2.05) is 13.1 Å². The highest BCUT2D eigenvalue weighted by Gasteiger charge is 2.18. The number of likely N-dealkylation sites (tertiary alicyclic amines) is 1. The maximum Gasteiger partial charge on any atom is 0.175 e. The normalized spacial score (nSPS) is 20.3. The predicted molar refractivity (Wildman–Crippen MR) is 105 cm³/mol. The van der Waals surface area contributed by atoms with Crippen molar-refractivity contribution in [3.8, 4) is 0 Å². The minimum Gasteiger partial charge on any atom is -0.393 e. The molecule has 0 bridgehead atoms. The summed E-state index contributed by atoms with van der Waals surface area (Å²) in [4.78, 5) is 11.2. The average molecular weight is 354 g/mol. The fraction of sp³-hybridized carbons (Fsp3) is 0.647. The zero-order valence-electron chi connectivity index (χ0n) is 15.2. The number of nitrogens with zero attached hydrogens (tertiary/aromatic N) is 3. The molecule has 1 fully saturated rings. The minimum absolute atomic E-state index is 0.147. The Morgan fingerprint density at radius 3 is 2.58 bits per heavy atom. The third kappa shape index (κ3) is 7.07. The molecule has 0 aromatic rings. The zero-order chi connectivity index (χ0) is 17.9. The van der Waals surface area contributed by atoms with E-state index in [2.05, 4.69) is 47.2 Å². The van der Waals surface area contributed by atoms with Crippen molar-refractivity contribution in [1.82, 2.24) is 15.8 Å². The topological polar surface area (TPSA) is 72.2 Å². The van der Waals surface area contributed by atoms with E-state index in [4.69, 9.17) is 4.99 Å². The molecule has 1 aliphatic heterocycles. The van der Waals surface area contributed by atoms with Gasteiger partial charge in [-0.2, -0.15) is 0 Å². The molecule has 24 heavy (non-hydrogen) atoms. The third-order valence-corrected chi connectivity index (χ3v) is 5.18. The first-order valence-corrected chi connectivity index (χ1v) is 9.30.